The van der Waals surface area contributed by atoms with Crippen LogP contribution in [0.4, 0.5) is 0 Å². The average Bonchev–Trinajstić information content (AvgIpc) is 2.66. The highest BCUT2D eigenvalue weighted by atomic mass is 32.3. The molecule has 0 fully saturated rings. The van der Waals surface area contributed by atoms with Crippen LogP contribution in [0.2, 0.25) is 0 Å². The van der Waals surface area contributed by atoms with Gasteiger partial charge in [0.25, 0.3) is 0 Å². The number of hydrogen-bond donors (Lipinski definition) is 1. The molecule has 0 aliphatic rings. The first-order chi connectivity index (χ1) is 13.5. The highest BCUT2D eigenvalue weighted by molar-refractivity contribution is 7.80. The maximum atomic E-state index is 10.3. The highest BCUT2D eigenvalue weighted by Gasteiger charge is 2.03. The Morgan fingerprint density at radius 2 is 1.36 bits per heavy atom. The normalized spacial score (nSPS) is 11.6. The van der Waals surface area contributed by atoms with Gasteiger partial charge in [0.2, 0.25) is 0 Å². The first kappa shape index (κ1) is 24.8. The molecule has 0 aromatic heterocycles. The quantitative estimate of drug-likeness (QED) is 0.286. The summed E-state index contributed by atoms with van der Waals surface area (Å²) in [6.45, 7) is 3.63. The molecule has 0 unspecified atom stereocenters. The van der Waals surface area contributed by atoms with Crippen LogP contribution in [0.1, 0.15) is 51.0 Å². The monoisotopic (exact) mass is 418 g/mol. The molecule has 7 nitrogen and oxygen atoms in total. The van der Waals surface area contributed by atoms with Crippen molar-refractivity contribution >= 4 is 10.4 Å². The lowest BCUT2D eigenvalue weighted by atomic mass is 10.0. The van der Waals surface area contributed by atoms with Gasteiger partial charge in [0.05, 0.1) is 33.0 Å². The van der Waals surface area contributed by atoms with Crippen molar-refractivity contribution in [2.24, 2.45) is 0 Å². The molecule has 1 rings (SSSR count). The Morgan fingerprint density at radius 1 is 0.786 bits per heavy atom. The van der Waals surface area contributed by atoms with Gasteiger partial charge in [0, 0.05) is 0 Å². The van der Waals surface area contributed by atoms with Gasteiger partial charge in [-0.15, -0.1) is 0 Å². The summed E-state index contributed by atoms with van der Waals surface area (Å²) in [4.78, 5) is 0. The third-order valence-corrected chi connectivity index (χ3v) is 4.54. The van der Waals surface area contributed by atoms with Crippen LogP contribution in [0.15, 0.2) is 24.3 Å². The molecular formula is C20H34O7S. The standard InChI is InChI=1S/C20H34O7S/c1-2-3-4-5-6-7-8-19-9-11-20(12-10-19)26-17-15-24-13-14-25-16-18-27-28(21,22)23/h9-12H,2-8,13-18H2,1H3,(H,21,22,23). The van der Waals surface area contributed by atoms with Crippen LogP contribution < -0.4 is 4.74 Å². The minimum Gasteiger partial charge on any atom is -0.491 e. The van der Waals surface area contributed by atoms with E-state index in [0.717, 1.165) is 12.2 Å². The molecular weight excluding hydrogens is 384 g/mol. The lowest BCUT2D eigenvalue weighted by molar-refractivity contribution is 0.0269. The maximum absolute atomic E-state index is 10.3. The van der Waals surface area contributed by atoms with Crippen LogP contribution in [-0.4, -0.2) is 52.6 Å². The zero-order chi connectivity index (χ0) is 20.5. The lowest BCUT2D eigenvalue weighted by Gasteiger charge is -2.08. The maximum Gasteiger partial charge on any atom is 0.397 e. The Hall–Kier alpha value is -1.19. The van der Waals surface area contributed by atoms with Crippen LogP contribution >= 0.6 is 0 Å². The average molecular weight is 419 g/mol. The smallest absolute Gasteiger partial charge is 0.397 e. The van der Waals surface area contributed by atoms with E-state index in [2.05, 4.69) is 23.2 Å². The zero-order valence-corrected chi connectivity index (χ0v) is 17.6. The second-order valence-corrected chi connectivity index (χ2v) is 7.58. The topological polar surface area (TPSA) is 91.3 Å². The molecule has 0 saturated carbocycles. The van der Waals surface area contributed by atoms with Gasteiger partial charge in [0.1, 0.15) is 12.4 Å². The molecule has 0 atom stereocenters. The molecule has 1 aromatic rings. The lowest BCUT2D eigenvalue weighted by Crippen LogP contribution is -2.14. The Morgan fingerprint density at radius 3 is 2.00 bits per heavy atom. The molecule has 1 aromatic carbocycles. The Labute approximate surface area is 169 Å². The molecule has 0 aliphatic heterocycles. The number of aryl methyl sites for hydroxylation is 1. The molecule has 1 N–H and O–H groups in total. The predicted octanol–water partition coefficient (Wildman–Crippen LogP) is 3.82. The molecule has 0 saturated heterocycles. The van der Waals surface area contributed by atoms with Gasteiger partial charge < -0.3 is 14.2 Å². The van der Waals surface area contributed by atoms with Crippen LogP contribution in [0.3, 0.4) is 0 Å². The number of hydrogen-bond acceptors (Lipinski definition) is 6. The minimum absolute atomic E-state index is 0.0603. The largest absolute Gasteiger partial charge is 0.491 e. The third kappa shape index (κ3) is 14.8. The molecule has 0 amide bonds. The summed E-state index contributed by atoms with van der Waals surface area (Å²) in [5, 5.41) is 0. The van der Waals surface area contributed by atoms with Crippen molar-refractivity contribution in [2.45, 2.75) is 51.9 Å². The summed E-state index contributed by atoms with van der Waals surface area (Å²) in [6.07, 6.45) is 8.96. The first-order valence-corrected chi connectivity index (χ1v) is 11.4. The molecule has 0 bridgehead atoms. The summed E-state index contributed by atoms with van der Waals surface area (Å²) >= 11 is 0. The predicted molar refractivity (Wildman–Crippen MR) is 108 cm³/mol. The summed E-state index contributed by atoms with van der Waals surface area (Å²) in [5.74, 6) is 0.828. The molecule has 28 heavy (non-hydrogen) atoms. The summed E-state index contributed by atoms with van der Waals surface area (Å²) in [5.41, 5.74) is 1.34. The number of rotatable bonds is 18. The Balaban J connectivity index is 1.97. The Bertz CT molecular complexity index is 587. The van der Waals surface area contributed by atoms with E-state index in [1.54, 1.807) is 0 Å². The van der Waals surface area contributed by atoms with Crippen LogP contribution in [0.5, 0.6) is 5.75 Å². The van der Waals surface area contributed by atoms with E-state index in [1.807, 2.05) is 12.1 Å². The van der Waals surface area contributed by atoms with Gasteiger partial charge >= 0.3 is 10.4 Å². The van der Waals surface area contributed by atoms with Crippen molar-refractivity contribution < 1.29 is 31.4 Å². The summed E-state index contributed by atoms with van der Waals surface area (Å²) in [6, 6.07) is 8.21. The van der Waals surface area contributed by atoms with Crippen molar-refractivity contribution in [3.63, 3.8) is 0 Å². The van der Waals surface area contributed by atoms with Gasteiger partial charge in [0.15, 0.2) is 0 Å². The van der Waals surface area contributed by atoms with E-state index in [1.165, 1.54) is 44.1 Å². The van der Waals surface area contributed by atoms with E-state index >= 15 is 0 Å². The SMILES string of the molecule is CCCCCCCCc1ccc(OCCOCCOCCOS(=O)(=O)O)cc1. The first-order valence-electron chi connectivity index (χ1n) is 10.0. The second kappa shape index (κ2) is 15.7. The van der Waals surface area contributed by atoms with Crippen molar-refractivity contribution in [3.8, 4) is 5.75 Å². The van der Waals surface area contributed by atoms with Gasteiger partial charge in [-0.25, -0.2) is 4.18 Å². The van der Waals surface area contributed by atoms with E-state index in [-0.39, 0.29) is 13.2 Å². The van der Waals surface area contributed by atoms with E-state index in [9.17, 15) is 8.42 Å². The molecule has 162 valence electrons. The molecule has 0 spiro atoms. The van der Waals surface area contributed by atoms with E-state index in [4.69, 9.17) is 18.8 Å². The molecule has 0 heterocycles. The minimum atomic E-state index is -4.40. The van der Waals surface area contributed by atoms with E-state index in [0.29, 0.717) is 26.4 Å². The highest BCUT2D eigenvalue weighted by Crippen LogP contribution is 2.15. The van der Waals surface area contributed by atoms with E-state index < -0.39 is 10.4 Å². The van der Waals surface area contributed by atoms with Crippen LogP contribution in [-0.2, 0) is 30.5 Å². The molecule has 0 aliphatic carbocycles. The van der Waals surface area contributed by atoms with Gasteiger partial charge in [-0.05, 0) is 30.5 Å². The fourth-order valence-electron chi connectivity index (χ4n) is 2.60. The Kier molecular flexibility index (Phi) is 13.9. The van der Waals surface area contributed by atoms with Crippen molar-refractivity contribution in [1.82, 2.24) is 0 Å². The third-order valence-electron chi connectivity index (χ3n) is 4.07. The molecule has 0 radical (unpaired) electrons. The number of unbranched alkanes of at least 4 members (excludes halogenated alkanes) is 5. The summed E-state index contributed by atoms with van der Waals surface area (Å²) < 4.78 is 49.2. The van der Waals surface area contributed by atoms with Gasteiger partial charge in [-0.3, -0.25) is 4.55 Å². The second-order valence-electron chi connectivity index (χ2n) is 6.48. The molecule has 8 heteroatoms. The fourth-order valence-corrected chi connectivity index (χ4v) is 2.88. The number of benzene rings is 1. The van der Waals surface area contributed by atoms with Crippen LogP contribution in [0, 0.1) is 0 Å². The van der Waals surface area contributed by atoms with Gasteiger partial charge in [-0.1, -0.05) is 51.2 Å². The zero-order valence-electron chi connectivity index (χ0n) is 16.8. The van der Waals surface area contributed by atoms with Crippen LogP contribution in [0.25, 0.3) is 0 Å². The van der Waals surface area contributed by atoms with Gasteiger partial charge in [-0.2, -0.15) is 8.42 Å². The van der Waals surface area contributed by atoms with Crippen molar-refractivity contribution in [2.75, 3.05) is 39.6 Å². The number of ether oxygens (including phenoxy) is 3. The van der Waals surface area contributed by atoms with Crippen molar-refractivity contribution in [3.05, 3.63) is 29.8 Å². The summed E-state index contributed by atoms with van der Waals surface area (Å²) in [7, 11) is -4.40. The fraction of sp³-hybridized carbons (Fsp3) is 0.700. The van der Waals surface area contributed by atoms with Crippen molar-refractivity contribution in [1.29, 1.82) is 0 Å².